The number of nitrogens with one attached hydrogen (secondary N) is 3. The van der Waals surface area contributed by atoms with Crippen LogP contribution in [0.15, 0.2) is 60.9 Å². The van der Waals surface area contributed by atoms with Crippen molar-refractivity contribution in [2.45, 2.75) is 20.4 Å². The molecule has 0 aliphatic heterocycles. The minimum atomic E-state index is -0.420. The number of aryl methyl sites for hydroxylation is 1. The lowest BCUT2D eigenvalue weighted by molar-refractivity contribution is 0.642. The third kappa shape index (κ3) is 4.31. The Hall–Kier alpha value is -3.95. The van der Waals surface area contributed by atoms with Gasteiger partial charge in [-0.2, -0.15) is 5.10 Å². The molecule has 0 radical (unpaired) electrons. The quantitative estimate of drug-likeness (QED) is 0.247. The fourth-order valence-electron chi connectivity index (χ4n) is 3.99. The molecule has 7 nitrogen and oxygen atoms in total. The van der Waals surface area contributed by atoms with Crippen LogP contribution >= 0.6 is 11.3 Å². The van der Waals surface area contributed by atoms with Crippen molar-refractivity contribution in [3.05, 3.63) is 88.5 Å². The Balaban J connectivity index is 1.60. The van der Waals surface area contributed by atoms with Gasteiger partial charge < -0.3 is 10.3 Å². The van der Waals surface area contributed by atoms with E-state index in [-0.39, 0.29) is 11.0 Å². The maximum atomic E-state index is 15.9. The first-order valence-electron chi connectivity index (χ1n) is 11.2. The molecule has 0 fully saturated rings. The monoisotopic (exact) mass is 485 g/mol. The highest BCUT2D eigenvalue weighted by atomic mass is 32.1. The summed E-state index contributed by atoms with van der Waals surface area (Å²) >= 11 is 1.62. The van der Waals surface area contributed by atoms with Crippen molar-refractivity contribution in [3.8, 4) is 22.6 Å². The number of imidazole rings is 1. The van der Waals surface area contributed by atoms with Gasteiger partial charge in [-0.15, -0.1) is 11.3 Å². The highest BCUT2D eigenvalue weighted by Gasteiger charge is 2.22. The van der Waals surface area contributed by atoms with E-state index in [1.54, 1.807) is 29.8 Å². The Morgan fingerprint density at radius 3 is 2.94 bits per heavy atom. The smallest absolute Gasteiger partial charge is 0.184 e. The predicted octanol–water partition coefficient (Wildman–Crippen LogP) is 5.65. The van der Waals surface area contributed by atoms with Crippen LogP contribution in [-0.4, -0.2) is 36.7 Å². The van der Waals surface area contributed by atoms with Crippen molar-refractivity contribution >= 4 is 27.9 Å². The average Bonchev–Trinajstić information content (AvgIpc) is 3.62. The van der Waals surface area contributed by atoms with Crippen LogP contribution in [0.5, 0.6) is 0 Å². The minimum Gasteiger partial charge on any atom is -0.340 e. The summed E-state index contributed by atoms with van der Waals surface area (Å²) in [5.74, 6) is 0.0697. The van der Waals surface area contributed by atoms with Crippen LogP contribution in [0.4, 0.5) is 4.39 Å². The zero-order valence-corrected chi connectivity index (χ0v) is 20.2. The maximum Gasteiger partial charge on any atom is 0.184 e. The zero-order valence-electron chi connectivity index (χ0n) is 19.4. The van der Waals surface area contributed by atoms with Crippen LogP contribution in [0, 0.1) is 12.7 Å². The molecule has 5 aromatic rings. The molecular formula is C26H24FN7S. The van der Waals surface area contributed by atoms with Crippen molar-refractivity contribution < 1.29 is 4.39 Å². The molecule has 5 heterocycles. The summed E-state index contributed by atoms with van der Waals surface area (Å²) in [7, 11) is 0. The number of allylic oxidation sites excluding steroid dienone is 2. The molecule has 0 spiro atoms. The second kappa shape index (κ2) is 9.73. The van der Waals surface area contributed by atoms with Gasteiger partial charge in [-0.05, 0) is 36.5 Å². The van der Waals surface area contributed by atoms with Crippen molar-refractivity contribution in [2.24, 2.45) is 0 Å². The number of halogens is 1. The Morgan fingerprint density at radius 2 is 2.17 bits per heavy atom. The van der Waals surface area contributed by atoms with Gasteiger partial charge in [0.25, 0.3) is 0 Å². The molecule has 0 bridgehead atoms. The molecule has 5 aromatic heterocycles. The summed E-state index contributed by atoms with van der Waals surface area (Å²) in [6.45, 7) is 9.32. The number of fused-ring (bicyclic) bond motifs is 1. The summed E-state index contributed by atoms with van der Waals surface area (Å²) in [5, 5.41) is 12.7. The van der Waals surface area contributed by atoms with Crippen molar-refractivity contribution in [1.82, 2.24) is 35.5 Å². The summed E-state index contributed by atoms with van der Waals surface area (Å²) in [6.07, 6.45) is 8.58. The van der Waals surface area contributed by atoms with Crippen LogP contribution in [0.2, 0.25) is 0 Å². The van der Waals surface area contributed by atoms with Crippen molar-refractivity contribution in [3.63, 3.8) is 0 Å². The minimum absolute atomic E-state index is 0.283. The van der Waals surface area contributed by atoms with Crippen LogP contribution in [0.1, 0.15) is 28.8 Å². The van der Waals surface area contributed by atoms with E-state index in [1.807, 2.05) is 43.5 Å². The zero-order chi connectivity index (χ0) is 24.4. The largest absolute Gasteiger partial charge is 0.340 e. The van der Waals surface area contributed by atoms with E-state index < -0.39 is 5.82 Å². The Bertz CT molecular complexity index is 1530. The van der Waals surface area contributed by atoms with E-state index in [4.69, 9.17) is 4.98 Å². The molecule has 5 rings (SSSR count). The first-order chi connectivity index (χ1) is 17.1. The van der Waals surface area contributed by atoms with Crippen LogP contribution in [0.25, 0.3) is 39.3 Å². The number of H-pyrrole nitrogens is 2. The molecule has 9 heteroatoms. The summed E-state index contributed by atoms with van der Waals surface area (Å²) < 4.78 is 15.9. The first-order valence-corrected chi connectivity index (χ1v) is 12.1. The van der Waals surface area contributed by atoms with Crippen molar-refractivity contribution in [1.29, 1.82) is 0 Å². The second-order valence-corrected chi connectivity index (χ2v) is 8.95. The normalized spacial score (nSPS) is 11.9. The van der Waals surface area contributed by atoms with E-state index in [2.05, 4.69) is 37.0 Å². The highest BCUT2D eigenvalue weighted by Crippen LogP contribution is 2.34. The van der Waals surface area contributed by atoms with Gasteiger partial charge in [-0.1, -0.05) is 31.7 Å². The van der Waals surface area contributed by atoms with Crippen LogP contribution in [0.3, 0.4) is 0 Å². The Morgan fingerprint density at radius 1 is 1.29 bits per heavy atom. The Labute approximate surface area is 205 Å². The van der Waals surface area contributed by atoms with Gasteiger partial charge in [0.05, 0.1) is 11.1 Å². The van der Waals surface area contributed by atoms with Gasteiger partial charge in [0, 0.05) is 52.4 Å². The molecule has 0 saturated carbocycles. The lowest BCUT2D eigenvalue weighted by Crippen LogP contribution is -2.11. The van der Waals surface area contributed by atoms with Crippen LogP contribution in [-0.2, 0) is 6.54 Å². The molecule has 0 aromatic carbocycles. The molecule has 0 unspecified atom stereocenters. The molecule has 3 N–H and O–H groups in total. The van der Waals surface area contributed by atoms with Gasteiger partial charge in [-0.3, -0.25) is 10.1 Å². The number of pyridine rings is 2. The lowest BCUT2D eigenvalue weighted by atomic mass is 10.1. The fourth-order valence-corrected chi connectivity index (χ4v) is 4.75. The molecule has 0 atom stereocenters. The van der Waals surface area contributed by atoms with Crippen LogP contribution < -0.4 is 5.32 Å². The predicted molar refractivity (Wildman–Crippen MR) is 138 cm³/mol. The number of rotatable bonds is 8. The third-order valence-electron chi connectivity index (χ3n) is 5.65. The SMILES string of the molecule is C=C/C=C(/c1cccs1)c1nc(-c2[nH]nc3ncc(-c4cncc(CNCC)c4)c(F)c23)[nH]c1C. The molecule has 0 aliphatic rings. The van der Waals surface area contributed by atoms with Gasteiger partial charge in [-0.25, -0.2) is 14.4 Å². The molecule has 0 aliphatic carbocycles. The van der Waals surface area contributed by atoms with Gasteiger partial charge in [0.1, 0.15) is 11.5 Å². The average molecular weight is 486 g/mol. The molecule has 176 valence electrons. The summed E-state index contributed by atoms with van der Waals surface area (Å²) in [5.41, 5.74) is 5.30. The number of nitrogens with zero attached hydrogens (tertiary/aromatic N) is 4. The van der Waals surface area contributed by atoms with E-state index in [9.17, 15) is 0 Å². The molecular weight excluding hydrogens is 461 g/mol. The molecule has 0 amide bonds. The number of hydrogen-bond donors (Lipinski definition) is 3. The van der Waals surface area contributed by atoms with E-state index in [0.29, 0.717) is 29.2 Å². The van der Waals surface area contributed by atoms with E-state index in [1.165, 1.54) is 6.20 Å². The third-order valence-corrected chi connectivity index (χ3v) is 6.56. The first kappa shape index (κ1) is 22.8. The number of aromatic amines is 2. The number of thiophene rings is 1. The van der Waals surface area contributed by atoms with Gasteiger partial charge >= 0.3 is 0 Å². The summed E-state index contributed by atoms with van der Waals surface area (Å²) in [6, 6.07) is 5.95. The standard InChI is InChI=1S/C26H24FN7S/c1-4-7-18(20-8-6-9-35-20)23-15(3)31-26(32-23)24-21-22(27)19(14-30-25(21)34-33-24)17-10-16(11-28-5-2)12-29-13-17/h4,6-10,12-14,28H,1,5,11H2,2-3H3,(H,31,32)(H,30,33,34)/b18-7-. The highest BCUT2D eigenvalue weighted by molar-refractivity contribution is 7.11. The lowest BCUT2D eigenvalue weighted by Gasteiger charge is -2.07. The maximum absolute atomic E-state index is 15.9. The van der Waals surface area contributed by atoms with Gasteiger partial charge in [0.15, 0.2) is 11.5 Å². The number of aromatic nitrogens is 6. The van der Waals surface area contributed by atoms with E-state index in [0.717, 1.165) is 33.9 Å². The fraction of sp³-hybridized carbons (Fsp3) is 0.154. The molecule has 35 heavy (non-hydrogen) atoms. The van der Waals surface area contributed by atoms with Crippen molar-refractivity contribution in [2.75, 3.05) is 6.54 Å². The second-order valence-electron chi connectivity index (χ2n) is 8.00. The number of hydrogen-bond acceptors (Lipinski definition) is 6. The summed E-state index contributed by atoms with van der Waals surface area (Å²) in [4.78, 5) is 17.9. The Kier molecular flexibility index (Phi) is 6.35. The topological polar surface area (TPSA) is 95.2 Å². The molecule has 0 saturated heterocycles. The van der Waals surface area contributed by atoms with E-state index >= 15 is 4.39 Å². The van der Waals surface area contributed by atoms with Gasteiger partial charge in [0.2, 0.25) is 0 Å².